The number of benzene rings is 1. The molecule has 0 saturated carbocycles. The number of likely N-dealkylation sites (tertiary alicyclic amines) is 1. The topological polar surface area (TPSA) is 39.7 Å². The lowest BCUT2D eigenvalue weighted by Crippen LogP contribution is -2.39. The Morgan fingerprint density at radius 3 is 2.44 bits per heavy atom. The van der Waals surface area contributed by atoms with Crippen LogP contribution >= 0.6 is 0 Å². The lowest BCUT2D eigenvalue weighted by Gasteiger charge is -2.27. The Labute approximate surface area is 160 Å². The first kappa shape index (κ1) is 21.5. The number of halogens is 3. The van der Waals surface area contributed by atoms with Crippen LogP contribution in [0.25, 0.3) is 0 Å². The molecule has 1 aromatic carbocycles. The normalized spacial score (nSPS) is 17.1. The average Bonchev–Trinajstić information content (AvgIpc) is 3.16. The van der Waals surface area contributed by atoms with E-state index in [1.165, 1.54) is 18.4 Å². The molecule has 2 N–H and O–H groups in total. The molecule has 2 rings (SSSR count). The van der Waals surface area contributed by atoms with E-state index in [0.29, 0.717) is 32.0 Å². The number of nitrogens with one attached hydrogen (secondary N) is 2. The van der Waals surface area contributed by atoms with Crippen LogP contribution in [0.3, 0.4) is 0 Å². The molecule has 0 aromatic heterocycles. The largest absolute Gasteiger partial charge is 0.389 e. The summed E-state index contributed by atoms with van der Waals surface area (Å²) < 4.78 is 36.7. The van der Waals surface area contributed by atoms with Gasteiger partial charge in [-0.1, -0.05) is 30.3 Å². The van der Waals surface area contributed by atoms with Gasteiger partial charge in [-0.2, -0.15) is 13.2 Å². The highest BCUT2D eigenvalue weighted by Crippen LogP contribution is 2.25. The van der Waals surface area contributed by atoms with Crippen LogP contribution in [-0.2, 0) is 0 Å². The Hall–Kier alpha value is -1.76. The summed E-state index contributed by atoms with van der Waals surface area (Å²) in [6, 6.07) is 10.6. The summed E-state index contributed by atoms with van der Waals surface area (Å²) in [5, 5.41) is 6.34. The van der Waals surface area contributed by atoms with Crippen molar-refractivity contribution in [2.24, 2.45) is 4.99 Å². The van der Waals surface area contributed by atoms with Crippen LogP contribution in [0, 0.1) is 0 Å². The Morgan fingerprint density at radius 1 is 1.11 bits per heavy atom. The molecule has 27 heavy (non-hydrogen) atoms. The number of hydrogen-bond donors (Lipinski definition) is 2. The van der Waals surface area contributed by atoms with Gasteiger partial charge < -0.3 is 10.6 Å². The molecule has 1 saturated heterocycles. The predicted molar refractivity (Wildman–Crippen MR) is 104 cm³/mol. The van der Waals surface area contributed by atoms with E-state index in [1.807, 2.05) is 25.1 Å². The zero-order valence-electron chi connectivity index (χ0n) is 16.1. The van der Waals surface area contributed by atoms with Crippen LogP contribution in [0.5, 0.6) is 0 Å². The lowest BCUT2D eigenvalue weighted by atomic mass is 10.1. The molecular formula is C20H31F3N4. The number of alkyl halides is 3. The number of guanidine groups is 1. The maximum Gasteiger partial charge on any atom is 0.389 e. The van der Waals surface area contributed by atoms with Crippen LogP contribution in [-0.4, -0.2) is 49.8 Å². The van der Waals surface area contributed by atoms with E-state index in [1.54, 1.807) is 0 Å². The molecule has 1 unspecified atom stereocenters. The molecule has 1 atom stereocenters. The second kappa shape index (κ2) is 11.2. The first-order chi connectivity index (χ1) is 13.0. The van der Waals surface area contributed by atoms with Gasteiger partial charge in [-0.25, -0.2) is 0 Å². The van der Waals surface area contributed by atoms with E-state index >= 15 is 0 Å². The van der Waals surface area contributed by atoms with Crippen molar-refractivity contribution in [1.29, 1.82) is 0 Å². The number of aliphatic imine (C=N–C) groups is 1. The first-order valence-electron chi connectivity index (χ1n) is 9.87. The minimum absolute atomic E-state index is 0.135. The molecule has 0 radical (unpaired) electrons. The molecule has 7 heteroatoms. The van der Waals surface area contributed by atoms with Crippen molar-refractivity contribution in [2.75, 3.05) is 32.7 Å². The molecule has 0 spiro atoms. The maximum atomic E-state index is 12.2. The fourth-order valence-electron chi connectivity index (χ4n) is 3.34. The lowest BCUT2D eigenvalue weighted by molar-refractivity contribution is -0.135. The number of hydrogen-bond acceptors (Lipinski definition) is 2. The fourth-order valence-corrected chi connectivity index (χ4v) is 3.34. The highest BCUT2D eigenvalue weighted by Gasteiger charge is 2.26. The fraction of sp³-hybridized carbons (Fsp3) is 0.650. The summed E-state index contributed by atoms with van der Waals surface area (Å²) in [5.74, 6) is 0.671. The van der Waals surface area contributed by atoms with Gasteiger partial charge in [-0.15, -0.1) is 0 Å². The second-order valence-electron chi connectivity index (χ2n) is 6.89. The van der Waals surface area contributed by atoms with Gasteiger partial charge in [0.2, 0.25) is 0 Å². The molecule has 1 heterocycles. The van der Waals surface area contributed by atoms with E-state index in [9.17, 15) is 13.2 Å². The summed E-state index contributed by atoms with van der Waals surface area (Å²) in [4.78, 5) is 7.18. The van der Waals surface area contributed by atoms with Crippen LogP contribution in [0.15, 0.2) is 35.3 Å². The molecule has 1 aliphatic rings. The van der Waals surface area contributed by atoms with Crippen molar-refractivity contribution in [3.05, 3.63) is 35.9 Å². The van der Waals surface area contributed by atoms with Gasteiger partial charge in [-0.3, -0.25) is 9.89 Å². The monoisotopic (exact) mass is 384 g/mol. The molecule has 0 amide bonds. The molecule has 1 aliphatic heterocycles. The second-order valence-corrected chi connectivity index (χ2v) is 6.89. The average molecular weight is 384 g/mol. The van der Waals surface area contributed by atoms with Gasteiger partial charge >= 0.3 is 6.18 Å². The Balaban J connectivity index is 1.91. The number of nitrogens with zero attached hydrogens (tertiary/aromatic N) is 2. The molecule has 1 aromatic rings. The highest BCUT2D eigenvalue weighted by molar-refractivity contribution is 5.79. The Kier molecular flexibility index (Phi) is 8.91. The van der Waals surface area contributed by atoms with Gasteiger partial charge in [0.15, 0.2) is 5.96 Å². The van der Waals surface area contributed by atoms with Gasteiger partial charge in [0.05, 0.1) is 12.6 Å². The van der Waals surface area contributed by atoms with E-state index in [2.05, 4.69) is 27.7 Å². The van der Waals surface area contributed by atoms with Crippen molar-refractivity contribution in [1.82, 2.24) is 15.5 Å². The van der Waals surface area contributed by atoms with Crippen molar-refractivity contribution in [3.8, 4) is 0 Å². The third kappa shape index (κ3) is 8.20. The first-order valence-corrected chi connectivity index (χ1v) is 9.87. The molecule has 1 fully saturated rings. The number of unbranched alkanes of at least 4 members (excludes halogenated alkanes) is 1. The van der Waals surface area contributed by atoms with E-state index in [-0.39, 0.29) is 12.5 Å². The van der Waals surface area contributed by atoms with Gasteiger partial charge in [-0.05, 0) is 51.3 Å². The highest BCUT2D eigenvalue weighted by atomic mass is 19.4. The van der Waals surface area contributed by atoms with Gasteiger partial charge in [0.1, 0.15) is 0 Å². The Morgan fingerprint density at radius 2 is 1.81 bits per heavy atom. The quantitative estimate of drug-likeness (QED) is 0.382. The summed E-state index contributed by atoms with van der Waals surface area (Å²) >= 11 is 0. The van der Waals surface area contributed by atoms with Crippen LogP contribution in [0.2, 0.25) is 0 Å². The van der Waals surface area contributed by atoms with E-state index in [4.69, 9.17) is 4.99 Å². The molecule has 0 aliphatic carbocycles. The van der Waals surface area contributed by atoms with Gasteiger partial charge in [0.25, 0.3) is 0 Å². The zero-order valence-corrected chi connectivity index (χ0v) is 16.1. The predicted octanol–water partition coefficient (Wildman–Crippen LogP) is 4.11. The molecule has 4 nitrogen and oxygen atoms in total. The van der Waals surface area contributed by atoms with Gasteiger partial charge in [0, 0.05) is 19.5 Å². The molecule has 152 valence electrons. The standard InChI is InChI=1S/C20H31F3N4/c1-2-24-19(25-13-7-6-12-20(21,22)23)26-16-18(27-14-8-9-15-27)17-10-4-3-5-11-17/h3-5,10-11,18H,2,6-9,12-16H2,1H3,(H2,24,25,26). The third-order valence-electron chi connectivity index (χ3n) is 4.71. The molecule has 0 bridgehead atoms. The van der Waals surface area contributed by atoms with Crippen LogP contribution in [0.1, 0.15) is 50.6 Å². The van der Waals surface area contributed by atoms with Crippen LogP contribution < -0.4 is 10.6 Å². The van der Waals surface area contributed by atoms with E-state index < -0.39 is 12.6 Å². The van der Waals surface area contributed by atoms with Crippen LogP contribution in [0.4, 0.5) is 13.2 Å². The molecular weight excluding hydrogens is 353 g/mol. The van der Waals surface area contributed by atoms with Crippen molar-refractivity contribution in [2.45, 2.75) is 51.2 Å². The minimum atomic E-state index is -4.07. The number of rotatable bonds is 9. The van der Waals surface area contributed by atoms with Crippen molar-refractivity contribution >= 4 is 5.96 Å². The van der Waals surface area contributed by atoms with Crippen molar-refractivity contribution in [3.63, 3.8) is 0 Å². The summed E-state index contributed by atoms with van der Waals surface area (Å²) in [6.45, 7) is 5.97. The summed E-state index contributed by atoms with van der Waals surface area (Å²) in [7, 11) is 0. The minimum Gasteiger partial charge on any atom is -0.357 e. The maximum absolute atomic E-state index is 12.2. The summed E-state index contributed by atoms with van der Waals surface area (Å²) in [5.41, 5.74) is 1.25. The van der Waals surface area contributed by atoms with Crippen molar-refractivity contribution < 1.29 is 13.2 Å². The Bertz CT molecular complexity index is 554. The zero-order chi connectivity index (χ0) is 19.5. The third-order valence-corrected chi connectivity index (χ3v) is 4.71. The summed E-state index contributed by atoms with van der Waals surface area (Å²) in [6.07, 6.45) is -1.77. The smallest absolute Gasteiger partial charge is 0.357 e. The van der Waals surface area contributed by atoms with E-state index in [0.717, 1.165) is 13.1 Å². The SMILES string of the molecule is CCNC(=NCC(c1ccccc1)N1CCCC1)NCCCCC(F)(F)F.